The molecule has 25 aromatic carbocycles. The van der Waals surface area contributed by atoms with E-state index in [1.54, 1.807) is 0 Å². The third-order valence-corrected chi connectivity index (χ3v) is 29.0. The van der Waals surface area contributed by atoms with Gasteiger partial charge in [0.25, 0.3) is 0 Å². The van der Waals surface area contributed by atoms with Crippen LogP contribution in [0.25, 0.3) is 231 Å². The minimum absolute atomic E-state index is 1.06. The van der Waals surface area contributed by atoms with Crippen LogP contribution < -0.4 is 9.80 Å². The summed E-state index contributed by atoms with van der Waals surface area (Å²) >= 11 is 0. The molecule has 0 atom stereocenters. The van der Waals surface area contributed by atoms with Crippen molar-refractivity contribution in [2.24, 2.45) is 0 Å². The topological polar surface area (TPSA) is 16.3 Å². The number of benzene rings is 25. The zero-order valence-corrected chi connectivity index (χ0v) is 76.6. The van der Waals surface area contributed by atoms with Crippen LogP contribution in [0.15, 0.2) is 534 Å². The molecule has 0 aliphatic carbocycles. The van der Waals surface area contributed by atoms with Crippen molar-refractivity contribution in [1.29, 1.82) is 0 Å². The number of nitrogens with zero attached hydrogens (tertiary/aromatic N) is 4. The van der Waals surface area contributed by atoms with Crippen LogP contribution in [-0.4, -0.2) is 9.13 Å². The first-order chi connectivity index (χ1) is 69.4. The molecule has 0 saturated carbocycles. The largest absolute Gasteiger partial charge is 0.310 e. The van der Waals surface area contributed by atoms with Crippen LogP contribution in [0.2, 0.25) is 0 Å². The maximum atomic E-state index is 2.43. The van der Waals surface area contributed by atoms with Crippen molar-refractivity contribution in [3.63, 3.8) is 0 Å². The van der Waals surface area contributed by atoms with Crippen molar-refractivity contribution in [2.45, 2.75) is 0 Å². The van der Waals surface area contributed by atoms with E-state index in [1.807, 2.05) is 0 Å². The molecule has 27 aromatic rings. The van der Waals surface area contributed by atoms with E-state index in [1.165, 1.54) is 169 Å². The Balaban J connectivity index is 0.477. The molecule has 2 aromatic heterocycles. The number of hydrogen-bond acceptors (Lipinski definition) is 2. The summed E-state index contributed by atoms with van der Waals surface area (Å²) in [4.78, 5) is 4.86. The summed E-state index contributed by atoms with van der Waals surface area (Å²) in [6, 6.07) is 198. The fourth-order valence-corrected chi connectivity index (χ4v) is 22.3. The predicted molar refractivity (Wildman–Crippen MR) is 596 cm³/mol. The van der Waals surface area contributed by atoms with Gasteiger partial charge in [0.2, 0.25) is 0 Å². The van der Waals surface area contributed by atoms with E-state index in [2.05, 4.69) is 553 Å². The summed E-state index contributed by atoms with van der Waals surface area (Å²) in [5.41, 5.74) is 34.4. The number of aromatic nitrogens is 2. The fraction of sp³-hybridized carbons (Fsp3) is 0. The number of anilines is 6. The molecule has 0 N–H and O–H groups in total. The van der Waals surface area contributed by atoms with E-state index in [9.17, 15) is 0 Å². The quantitative estimate of drug-likeness (QED) is 0.0845. The molecule has 0 aliphatic rings. The standard InChI is InChI=1S/C136H88N4/c1-3-30-111(31-4-1)139-131-43-17-13-37-127(131)135-125(39-21-45-133(135)139)104-28-19-26-102(87-104)123-35-11-15-41-129(123)137(113-68-55-90(56-69-113)96-49-47-89-23-7-8-25-95(89)81-96)114-72-59-92(60-73-114)98-64-77-119-107(83-98)51-53-109-85-100(66-79-121(109)119)101-67-80-122-110(86-101)54-52-108-84-99(65-78-120(108)122)93-61-74-116(75-62-93)138(115-70-57-91(58-71-115)97-63-76-118-106(82-97)50-48-94-24-9-10-34-117(94)118)130-42-16-12-36-124(130)103-27-20-29-105(88-103)126-40-22-46-134-136(126)128-38-14-18-44-132(128)140(134)112-32-5-2-6-33-112/h1-88H. The van der Waals surface area contributed by atoms with E-state index in [0.717, 1.165) is 95.6 Å². The zero-order chi connectivity index (χ0) is 92.2. The van der Waals surface area contributed by atoms with E-state index in [-0.39, 0.29) is 0 Å². The Hall–Kier alpha value is -18.5. The van der Waals surface area contributed by atoms with Gasteiger partial charge in [-0.15, -0.1) is 0 Å². The smallest absolute Gasteiger partial charge is 0.0547 e. The van der Waals surface area contributed by atoms with Crippen LogP contribution in [-0.2, 0) is 0 Å². The van der Waals surface area contributed by atoms with Crippen LogP contribution in [0, 0.1) is 0 Å². The lowest BCUT2D eigenvalue weighted by Crippen LogP contribution is -2.11. The van der Waals surface area contributed by atoms with Crippen molar-refractivity contribution in [3.05, 3.63) is 534 Å². The molecule has 0 aliphatic heterocycles. The Bertz CT molecular complexity index is 9590. The lowest BCUT2D eigenvalue weighted by molar-refractivity contribution is 1.18. The normalized spacial score (nSPS) is 11.7. The van der Waals surface area contributed by atoms with Gasteiger partial charge < -0.3 is 18.9 Å². The molecule has 0 saturated heterocycles. The molecule has 0 unspecified atom stereocenters. The van der Waals surface area contributed by atoms with Gasteiger partial charge in [-0.1, -0.05) is 376 Å². The van der Waals surface area contributed by atoms with Crippen molar-refractivity contribution in [1.82, 2.24) is 9.13 Å². The van der Waals surface area contributed by atoms with Gasteiger partial charge in [0, 0.05) is 66.8 Å². The van der Waals surface area contributed by atoms with Gasteiger partial charge in [0.15, 0.2) is 0 Å². The van der Waals surface area contributed by atoms with Crippen LogP contribution in [0.4, 0.5) is 34.1 Å². The van der Waals surface area contributed by atoms with E-state index < -0.39 is 0 Å². The van der Waals surface area contributed by atoms with Gasteiger partial charge in [0.05, 0.1) is 33.4 Å². The highest BCUT2D eigenvalue weighted by Crippen LogP contribution is 2.50. The highest BCUT2D eigenvalue weighted by Gasteiger charge is 2.25. The fourth-order valence-electron chi connectivity index (χ4n) is 22.3. The van der Waals surface area contributed by atoms with E-state index in [4.69, 9.17) is 0 Å². The minimum Gasteiger partial charge on any atom is -0.310 e. The molecule has 0 amide bonds. The van der Waals surface area contributed by atoms with E-state index in [0.29, 0.717) is 0 Å². The summed E-state index contributed by atoms with van der Waals surface area (Å²) in [5.74, 6) is 0. The zero-order valence-electron chi connectivity index (χ0n) is 76.6. The van der Waals surface area contributed by atoms with Crippen LogP contribution >= 0.6 is 0 Å². The summed E-state index contributed by atoms with van der Waals surface area (Å²) in [6.07, 6.45) is 0. The third kappa shape index (κ3) is 14.1. The van der Waals surface area contributed by atoms with Crippen LogP contribution in [0.1, 0.15) is 0 Å². The van der Waals surface area contributed by atoms with Crippen LogP contribution in [0.5, 0.6) is 0 Å². The first-order valence-electron chi connectivity index (χ1n) is 48.3. The second-order valence-corrected chi connectivity index (χ2v) is 37.0. The lowest BCUT2D eigenvalue weighted by atomic mass is 9.93. The summed E-state index contributed by atoms with van der Waals surface area (Å²) in [6.45, 7) is 0. The maximum Gasteiger partial charge on any atom is 0.0547 e. The van der Waals surface area contributed by atoms with Gasteiger partial charge in [-0.2, -0.15) is 0 Å². The molecule has 0 spiro atoms. The van der Waals surface area contributed by atoms with Gasteiger partial charge in [-0.3, -0.25) is 0 Å². The van der Waals surface area contributed by atoms with Crippen molar-refractivity contribution >= 4 is 153 Å². The average Bonchev–Trinajstić information content (AvgIpc) is 1.55. The highest BCUT2D eigenvalue weighted by molar-refractivity contribution is 6.19. The average molecular weight is 1780 g/mol. The highest BCUT2D eigenvalue weighted by atomic mass is 15.2. The summed E-state index contributed by atoms with van der Waals surface area (Å²) in [7, 11) is 0. The number of para-hydroxylation sites is 6. The molecule has 2 heterocycles. The molecule has 0 fully saturated rings. The van der Waals surface area contributed by atoms with E-state index >= 15 is 0 Å². The second kappa shape index (κ2) is 33.9. The number of fused-ring (bicyclic) bond motifs is 16. The Morgan fingerprint density at radius 3 is 0.764 bits per heavy atom. The summed E-state index contributed by atoms with van der Waals surface area (Å²) < 4.78 is 4.80. The molecule has 140 heavy (non-hydrogen) atoms. The second-order valence-electron chi connectivity index (χ2n) is 37.0. The van der Waals surface area contributed by atoms with Gasteiger partial charge in [0.1, 0.15) is 0 Å². The predicted octanol–water partition coefficient (Wildman–Crippen LogP) is 37.9. The van der Waals surface area contributed by atoms with Crippen molar-refractivity contribution in [2.75, 3.05) is 9.80 Å². The Morgan fingerprint density at radius 2 is 0.379 bits per heavy atom. The minimum atomic E-state index is 1.06. The molecule has 4 heteroatoms. The lowest BCUT2D eigenvalue weighted by Gasteiger charge is -2.28. The van der Waals surface area contributed by atoms with Gasteiger partial charge in [-0.25, -0.2) is 0 Å². The number of rotatable bonds is 17. The molecule has 0 radical (unpaired) electrons. The first-order valence-corrected chi connectivity index (χ1v) is 48.3. The Morgan fingerprint density at radius 1 is 0.129 bits per heavy atom. The Labute approximate surface area is 811 Å². The monoisotopic (exact) mass is 1780 g/mol. The molecule has 652 valence electrons. The molecular formula is C136H88N4. The molecule has 4 nitrogen and oxygen atoms in total. The van der Waals surface area contributed by atoms with Crippen molar-refractivity contribution in [3.8, 4) is 112 Å². The SMILES string of the molecule is c1ccc(-n2c3ccccc3c3c(-c4cccc(-c5ccccc5N(c5ccc(-c6ccc7ccccc7c6)cc5)c5ccc(-c6ccc7c(ccc8cc(-c9ccc%10c(ccc%11cc(-c%12ccc(N(c%13ccc(-c%14ccc%15c(ccc%16ccccc%16%15)c%14)cc%13)c%13ccccc%13-c%13cccc(-c%14cccc%15c%14c%14ccccc%14n%15-c%14ccccc%14)c%13)cc%12)ccc%11%10)c9)ccc87)c6)cc5)c4)cccc32)cc1. The van der Waals surface area contributed by atoms with Crippen LogP contribution in [0.3, 0.4) is 0 Å². The Kier molecular flexibility index (Phi) is 19.6. The third-order valence-electron chi connectivity index (χ3n) is 29.0. The van der Waals surface area contributed by atoms with Gasteiger partial charge >= 0.3 is 0 Å². The maximum absolute atomic E-state index is 2.43. The molecular weight excluding hydrogens is 1690 g/mol. The molecule has 0 bridgehead atoms. The van der Waals surface area contributed by atoms with Gasteiger partial charge in [-0.05, 0) is 322 Å². The summed E-state index contributed by atoms with van der Waals surface area (Å²) in [5, 5.41) is 22.2. The molecule has 27 rings (SSSR count). The number of hydrogen-bond donors (Lipinski definition) is 0. The van der Waals surface area contributed by atoms with Crippen molar-refractivity contribution < 1.29 is 0 Å². The first kappa shape index (κ1) is 81.1.